The highest BCUT2D eigenvalue weighted by Gasteiger charge is 2.30. The number of carbonyl (C=O) groups excluding carboxylic acids is 1. The lowest BCUT2D eigenvalue weighted by molar-refractivity contribution is -0.138. The zero-order valence-electron chi connectivity index (χ0n) is 13.6. The molecule has 2 atom stereocenters. The number of hydrogen-bond acceptors (Lipinski definition) is 4. The lowest BCUT2D eigenvalue weighted by Gasteiger charge is -2.39. The molecule has 0 aromatic rings. The van der Waals surface area contributed by atoms with E-state index in [1.165, 1.54) is 12.8 Å². The van der Waals surface area contributed by atoms with E-state index in [2.05, 4.69) is 18.7 Å². The van der Waals surface area contributed by atoms with E-state index >= 15 is 0 Å². The molecule has 5 nitrogen and oxygen atoms in total. The van der Waals surface area contributed by atoms with Gasteiger partial charge in [0.15, 0.2) is 0 Å². The van der Waals surface area contributed by atoms with Crippen molar-refractivity contribution in [3.8, 4) is 0 Å². The molecule has 21 heavy (non-hydrogen) atoms. The fraction of sp³-hybridized carbons (Fsp3) is 0.938. The van der Waals surface area contributed by atoms with Crippen LogP contribution in [0.15, 0.2) is 0 Å². The van der Waals surface area contributed by atoms with Gasteiger partial charge in [0.2, 0.25) is 5.91 Å². The van der Waals surface area contributed by atoms with Crippen molar-refractivity contribution in [3.63, 3.8) is 0 Å². The van der Waals surface area contributed by atoms with Gasteiger partial charge in [-0.25, -0.2) is 0 Å². The molecule has 1 N–H and O–H groups in total. The second-order valence-corrected chi connectivity index (χ2v) is 6.83. The van der Waals surface area contributed by atoms with Crippen LogP contribution in [-0.4, -0.2) is 72.4 Å². The molecule has 0 aromatic carbocycles. The largest absolute Gasteiger partial charge is 0.394 e. The summed E-state index contributed by atoms with van der Waals surface area (Å²) in [5.74, 6) is 0.995. The van der Waals surface area contributed by atoms with Gasteiger partial charge in [-0.2, -0.15) is 0 Å². The summed E-state index contributed by atoms with van der Waals surface area (Å²) in [6.07, 6.45) is 4.55. The number of carbonyl (C=O) groups is 1. The summed E-state index contributed by atoms with van der Waals surface area (Å²) in [5, 5.41) is 9.22. The Morgan fingerprint density at radius 1 is 1.29 bits per heavy atom. The second kappa shape index (κ2) is 7.56. The van der Waals surface area contributed by atoms with Gasteiger partial charge in [-0.1, -0.05) is 6.92 Å². The van der Waals surface area contributed by atoms with E-state index in [1.54, 1.807) is 0 Å². The zero-order valence-corrected chi connectivity index (χ0v) is 13.6. The van der Waals surface area contributed by atoms with Crippen molar-refractivity contribution in [2.75, 3.05) is 33.4 Å². The van der Waals surface area contributed by atoms with E-state index < -0.39 is 0 Å². The van der Waals surface area contributed by atoms with Crippen molar-refractivity contribution < 1.29 is 14.6 Å². The summed E-state index contributed by atoms with van der Waals surface area (Å²) in [6, 6.07) is 0.634. The molecule has 2 unspecified atom stereocenters. The van der Waals surface area contributed by atoms with Crippen LogP contribution < -0.4 is 0 Å². The number of nitrogens with zero attached hydrogens (tertiary/aromatic N) is 2. The van der Waals surface area contributed by atoms with Crippen LogP contribution >= 0.6 is 0 Å². The molecule has 0 spiro atoms. The molecule has 1 heterocycles. The average molecular weight is 298 g/mol. The van der Waals surface area contributed by atoms with E-state index in [1.807, 2.05) is 11.9 Å². The van der Waals surface area contributed by atoms with Crippen LogP contribution in [-0.2, 0) is 9.53 Å². The van der Waals surface area contributed by atoms with Crippen molar-refractivity contribution >= 4 is 5.91 Å². The maximum atomic E-state index is 12.5. The van der Waals surface area contributed by atoms with E-state index in [9.17, 15) is 9.90 Å². The minimum absolute atomic E-state index is 0.0216. The smallest absolute Gasteiger partial charge is 0.236 e. The lowest BCUT2D eigenvalue weighted by Crippen LogP contribution is -2.53. The zero-order chi connectivity index (χ0) is 15.4. The van der Waals surface area contributed by atoms with Gasteiger partial charge in [0, 0.05) is 25.7 Å². The van der Waals surface area contributed by atoms with Gasteiger partial charge in [-0.3, -0.25) is 9.69 Å². The van der Waals surface area contributed by atoms with Crippen LogP contribution in [0.25, 0.3) is 0 Å². The molecule has 0 aromatic heterocycles. The Morgan fingerprint density at radius 2 is 1.95 bits per heavy atom. The summed E-state index contributed by atoms with van der Waals surface area (Å²) < 4.78 is 5.52. The van der Waals surface area contributed by atoms with Gasteiger partial charge >= 0.3 is 0 Å². The van der Waals surface area contributed by atoms with Crippen molar-refractivity contribution in [3.05, 3.63) is 0 Å². The summed E-state index contributed by atoms with van der Waals surface area (Å²) in [5.41, 5.74) is 0. The Bertz CT molecular complexity index is 342. The van der Waals surface area contributed by atoms with Crippen LogP contribution in [0.5, 0.6) is 0 Å². The van der Waals surface area contributed by atoms with Gasteiger partial charge in [-0.15, -0.1) is 0 Å². The van der Waals surface area contributed by atoms with Gasteiger partial charge in [0.1, 0.15) is 0 Å². The molecule has 1 aliphatic heterocycles. The maximum Gasteiger partial charge on any atom is 0.236 e. The van der Waals surface area contributed by atoms with Crippen LogP contribution in [0.1, 0.15) is 39.5 Å². The standard InChI is InChI=1S/C16H30N2O3/c1-12-4-6-14(7-5-12)17(3)16(20)9-18-8-15(10-19)21-11-13(18)2/h12-15,19H,4-11H2,1-3H3. The predicted octanol–water partition coefficient (Wildman–Crippen LogP) is 1.11. The molecule has 2 aliphatic rings. The van der Waals surface area contributed by atoms with Crippen LogP contribution in [0.4, 0.5) is 0 Å². The molecule has 1 saturated carbocycles. The minimum atomic E-state index is -0.158. The third kappa shape index (κ3) is 4.41. The molecule has 1 amide bonds. The lowest BCUT2D eigenvalue weighted by atomic mass is 9.87. The van der Waals surface area contributed by atoms with E-state index in [0.29, 0.717) is 25.7 Å². The Hall–Kier alpha value is -0.650. The first kappa shape index (κ1) is 16.7. The first-order chi connectivity index (χ1) is 10.0. The van der Waals surface area contributed by atoms with Crippen molar-refractivity contribution in [2.24, 2.45) is 5.92 Å². The van der Waals surface area contributed by atoms with Gasteiger partial charge in [0.25, 0.3) is 0 Å². The highest BCUT2D eigenvalue weighted by molar-refractivity contribution is 5.78. The van der Waals surface area contributed by atoms with Crippen molar-refractivity contribution in [1.29, 1.82) is 0 Å². The molecule has 2 rings (SSSR count). The quantitative estimate of drug-likeness (QED) is 0.844. The van der Waals surface area contributed by atoms with Crippen molar-refractivity contribution in [2.45, 2.75) is 57.7 Å². The van der Waals surface area contributed by atoms with E-state index in [4.69, 9.17) is 4.74 Å². The molecule has 1 saturated heterocycles. The topological polar surface area (TPSA) is 53.0 Å². The maximum absolute atomic E-state index is 12.5. The highest BCUT2D eigenvalue weighted by Crippen LogP contribution is 2.26. The molecule has 2 fully saturated rings. The first-order valence-corrected chi connectivity index (χ1v) is 8.23. The third-order valence-corrected chi connectivity index (χ3v) is 5.10. The molecule has 0 bridgehead atoms. The Labute approximate surface area is 128 Å². The van der Waals surface area contributed by atoms with Crippen LogP contribution in [0.3, 0.4) is 0 Å². The van der Waals surface area contributed by atoms with Gasteiger partial charge < -0.3 is 14.7 Å². The van der Waals surface area contributed by atoms with Gasteiger partial charge in [-0.05, 0) is 38.5 Å². The number of hydrogen-bond donors (Lipinski definition) is 1. The number of rotatable bonds is 4. The fourth-order valence-corrected chi connectivity index (χ4v) is 3.32. The van der Waals surface area contributed by atoms with Crippen molar-refractivity contribution in [1.82, 2.24) is 9.80 Å². The SMILES string of the molecule is CC1CCC(N(C)C(=O)CN2CC(CO)OCC2C)CC1. The minimum Gasteiger partial charge on any atom is -0.394 e. The molecular weight excluding hydrogens is 268 g/mol. The Morgan fingerprint density at radius 3 is 2.57 bits per heavy atom. The number of ether oxygens (including phenoxy) is 1. The summed E-state index contributed by atoms with van der Waals surface area (Å²) in [4.78, 5) is 16.6. The van der Waals surface area contributed by atoms with Crippen LogP contribution in [0.2, 0.25) is 0 Å². The Balaban J connectivity index is 1.84. The molecule has 5 heteroatoms. The van der Waals surface area contributed by atoms with Crippen LogP contribution in [0, 0.1) is 5.92 Å². The monoisotopic (exact) mass is 298 g/mol. The molecule has 122 valence electrons. The number of morpholine rings is 1. The summed E-state index contributed by atoms with van der Waals surface area (Å²) in [7, 11) is 1.94. The fourth-order valence-electron chi connectivity index (χ4n) is 3.32. The average Bonchev–Trinajstić information content (AvgIpc) is 2.49. The predicted molar refractivity (Wildman–Crippen MR) is 82.1 cm³/mol. The molecular formula is C16H30N2O3. The third-order valence-electron chi connectivity index (χ3n) is 5.10. The normalized spacial score (nSPS) is 34.7. The number of amides is 1. The number of aliphatic hydroxyl groups excluding tert-OH is 1. The summed E-state index contributed by atoms with van der Waals surface area (Å²) >= 11 is 0. The van der Waals surface area contributed by atoms with Gasteiger partial charge in [0.05, 0.1) is 25.9 Å². The number of likely N-dealkylation sites (N-methyl/N-ethyl adjacent to an activating group) is 1. The second-order valence-electron chi connectivity index (χ2n) is 6.83. The first-order valence-electron chi connectivity index (χ1n) is 8.23. The Kier molecular flexibility index (Phi) is 6.02. The highest BCUT2D eigenvalue weighted by atomic mass is 16.5. The summed E-state index contributed by atoms with van der Waals surface area (Å²) in [6.45, 7) is 6.05. The van der Waals surface area contributed by atoms with E-state index in [-0.39, 0.29) is 24.7 Å². The van der Waals surface area contributed by atoms with E-state index in [0.717, 1.165) is 18.8 Å². The molecule has 0 radical (unpaired) electrons. The molecule has 1 aliphatic carbocycles. The number of aliphatic hydroxyl groups is 1.